The van der Waals surface area contributed by atoms with E-state index in [1.54, 1.807) is 18.2 Å². The zero-order valence-electron chi connectivity index (χ0n) is 7.85. The fourth-order valence-electron chi connectivity index (χ4n) is 1.37. The van der Waals surface area contributed by atoms with Crippen LogP contribution in [0, 0.1) is 11.8 Å². The minimum atomic E-state index is -1.17. The molecule has 1 nitrogen and oxygen atoms in total. The third-order valence-electron chi connectivity index (χ3n) is 2.08. The maximum Gasteiger partial charge on any atom is 0.249 e. The Kier molecular flexibility index (Phi) is 3.08. The zero-order valence-corrected chi connectivity index (χ0v) is 9.36. The Morgan fingerprint density at radius 1 is 1.00 bits per heavy atom. The van der Waals surface area contributed by atoms with Crippen molar-refractivity contribution in [2.45, 2.75) is 0 Å². The number of benzene rings is 1. The van der Waals surface area contributed by atoms with Gasteiger partial charge in [0.25, 0.3) is 0 Å². The van der Waals surface area contributed by atoms with Crippen LogP contribution in [0.1, 0.15) is 0 Å². The third-order valence-corrected chi connectivity index (χ3v) is 2.71. The predicted molar refractivity (Wildman–Crippen MR) is 59.6 cm³/mol. The van der Waals surface area contributed by atoms with Gasteiger partial charge in [-0.3, -0.25) is 0 Å². The molecule has 1 aromatic heterocycles. The van der Waals surface area contributed by atoms with Crippen molar-refractivity contribution in [3.05, 3.63) is 52.3 Å². The Bertz CT molecular complexity index is 523. The molecule has 0 saturated carbocycles. The Hall–Kier alpha value is -1.19. The summed E-state index contributed by atoms with van der Waals surface area (Å²) in [5.74, 6) is -2.23. The standard InChI is InChI=1S/C11H5Cl2F2N/c12-7-2-1-3-8(13)9(7)6-4-5-16-11(15)10(6)14/h1-5H. The van der Waals surface area contributed by atoms with Crippen molar-refractivity contribution in [2.75, 3.05) is 0 Å². The fourth-order valence-corrected chi connectivity index (χ4v) is 1.97. The molecule has 82 valence electrons. The van der Waals surface area contributed by atoms with Crippen molar-refractivity contribution in [2.24, 2.45) is 0 Å². The number of rotatable bonds is 1. The lowest BCUT2D eigenvalue weighted by atomic mass is 10.1. The highest BCUT2D eigenvalue weighted by molar-refractivity contribution is 6.39. The van der Waals surface area contributed by atoms with Gasteiger partial charge < -0.3 is 0 Å². The molecule has 0 aliphatic rings. The molecule has 0 fully saturated rings. The van der Waals surface area contributed by atoms with E-state index in [1.165, 1.54) is 6.07 Å². The van der Waals surface area contributed by atoms with Gasteiger partial charge in [0.1, 0.15) is 0 Å². The second-order valence-corrected chi connectivity index (χ2v) is 3.87. The van der Waals surface area contributed by atoms with Crippen LogP contribution >= 0.6 is 23.2 Å². The zero-order chi connectivity index (χ0) is 11.7. The van der Waals surface area contributed by atoms with Crippen LogP contribution in [-0.4, -0.2) is 4.98 Å². The summed E-state index contributed by atoms with van der Waals surface area (Å²) < 4.78 is 26.4. The Labute approximate surface area is 101 Å². The van der Waals surface area contributed by atoms with Gasteiger partial charge in [0.05, 0.1) is 0 Å². The average Bonchev–Trinajstić information content (AvgIpc) is 2.24. The number of aromatic nitrogens is 1. The van der Waals surface area contributed by atoms with Crippen molar-refractivity contribution < 1.29 is 8.78 Å². The first-order valence-corrected chi connectivity index (χ1v) is 5.11. The largest absolute Gasteiger partial charge is 0.249 e. The number of hydrogen-bond acceptors (Lipinski definition) is 1. The van der Waals surface area contributed by atoms with Gasteiger partial charge in [-0.15, -0.1) is 0 Å². The van der Waals surface area contributed by atoms with E-state index in [-0.39, 0.29) is 21.2 Å². The van der Waals surface area contributed by atoms with Crippen molar-refractivity contribution >= 4 is 23.2 Å². The third kappa shape index (κ3) is 1.88. The molecule has 0 spiro atoms. The number of nitrogens with zero attached hydrogens (tertiary/aromatic N) is 1. The minimum absolute atomic E-state index is 0.00287. The molecule has 1 heterocycles. The van der Waals surface area contributed by atoms with Crippen molar-refractivity contribution in [1.29, 1.82) is 0 Å². The van der Waals surface area contributed by atoms with E-state index >= 15 is 0 Å². The summed E-state index contributed by atoms with van der Waals surface area (Å²) in [6.45, 7) is 0. The van der Waals surface area contributed by atoms with Gasteiger partial charge in [-0.1, -0.05) is 29.3 Å². The van der Waals surface area contributed by atoms with Crippen molar-refractivity contribution in [3.8, 4) is 11.1 Å². The molecular formula is C11H5Cl2F2N. The topological polar surface area (TPSA) is 12.9 Å². The molecule has 0 amide bonds. The second-order valence-electron chi connectivity index (χ2n) is 3.06. The quantitative estimate of drug-likeness (QED) is 0.695. The molecule has 0 aliphatic carbocycles. The molecule has 1 aromatic carbocycles. The van der Waals surface area contributed by atoms with E-state index in [9.17, 15) is 8.78 Å². The van der Waals surface area contributed by atoms with Crippen molar-refractivity contribution in [1.82, 2.24) is 4.98 Å². The summed E-state index contributed by atoms with van der Waals surface area (Å²) in [5.41, 5.74) is 0.271. The first-order valence-electron chi connectivity index (χ1n) is 4.35. The van der Waals surface area contributed by atoms with Crippen molar-refractivity contribution in [3.63, 3.8) is 0 Å². The van der Waals surface area contributed by atoms with E-state index in [0.717, 1.165) is 6.20 Å². The smallest absolute Gasteiger partial charge is 0.226 e. The minimum Gasteiger partial charge on any atom is -0.226 e. The summed E-state index contributed by atoms with van der Waals surface area (Å²) in [5, 5.41) is 0.522. The fraction of sp³-hybridized carbons (Fsp3) is 0. The second kappa shape index (κ2) is 4.36. The Morgan fingerprint density at radius 2 is 1.62 bits per heavy atom. The lowest BCUT2D eigenvalue weighted by Gasteiger charge is -2.07. The van der Waals surface area contributed by atoms with Gasteiger partial charge in [0.15, 0.2) is 5.82 Å². The molecule has 2 aromatic rings. The SMILES string of the molecule is Fc1nccc(-c2c(Cl)cccc2Cl)c1F. The van der Waals surface area contributed by atoms with E-state index in [1.807, 2.05) is 0 Å². The van der Waals surface area contributed by atoms with E-state index in [4.69, 9.17) is 23.2 Å². The number of pyridine rings is 1. The predicted octanol–water partition coefficient (Wildman–Crippen LogP) is 4.33. The number of halogens is 4. The molecule has 0 unspecified atom stereocenters. The molecular weight excluding hydrogens is 255 g/mol. The highest BCUT2D eigenvalue weighted by Crippen LogP contribution is 2.35. The molecule has 0 radical (unpaired) electrons. The van der Waals surface area contributed by atoms with Crippen LogP contribution in [-0.2, 0) is 0 Å². The molecule has 0 saturated heterocycles. The summed E-state index contributed by atoms with van der Waals surface area (Å²) in [7, 11) is 0. The molecule has 0 N–H and O–H groups in total. The van der Waals surface area contributed by atoms with Crippen LogP contribution in [0.2, 0.25) is 10.0 Å². The monoisotopic (exact) mass is 259 g/mol. The normalized spacial score (nSPS) is 10.5. The van der Waals surface area contributed by atoms with Crippen LogP contribution in [0.25, 0.3) is 11.1 Å². The maximum absolute atomic E-state index is 13.5. The van der Waals surface area contributed by atoms with Gasteiger partial charge in [-0.2, -0.15) is 4.39 Å². The van der Waals surface area contributed by atoms with Crippen LogP contribution in [0.3, 0.4) is 0 Å². The highest BCUT2D eigenvalue weighted by atomic mass is 35.5. The maximum atomic E-state index is 13.5. The Morgan fingerprint density at radius 3 is 2.25 bits per heavy atom. The van der Waals surface area contributed by atoms with Gasteiger partial charge in [-0.05, 0) is 18.2 Å². The lowest BCUT2D eigenvalue weighted by Crippen LogP contribution is -1.93. The van der Waals surface area contributed by atoms with Gasteiger partial charge in [-0.25, -0.2) is 9.37 Å². The van der Waals surface area contributed by atoms with Crippen LogP contribution in [0.15, 0.2) is 30.5 Å². The van der Waals surface area contributed by atoms with Gasteiger partial charge >= 0.3 is 0 Å². The lowest BCUT2D eigenvalue weighted by molar-refractivity contribution is 0.482. The summed E-state index contributed by atoms with van der Waals surface area (Å²) in [6, 6.07) is 6.07. The highest BCUT2D eigenvalue weighted by Gasteiger charge is 2.15. The van der Waals surface area contributed by atoms with E-state index < -0.39 is 11.8 Å². The van der Waals surface area contributed by atoms with Gasteiger partial charge in [0, 0.05) is 27.4 Å². The first kappa shape index (κ1) is 11.3. The van der Waals surface area contributed by atoms with E-state index in [2.05, 4.69) is 4.98 Å². The van der Waals surface area contributed by atoms with Crippen LogP contribution in [0.5, 0.6) is 0 Å². The first-order chi connectivity index (χ1) is 7.61. The number of hydrogen-bond donors (Lipinski definition) is 0. The molecule has 2 rings (SSSR count). The Balaban J connectivity index is 2.73. The van der Waals surface area contributed by atoms with Gasteiger partial charge in [0.2, 0.25) is 5.95 Å². The molecule has 0 bridgehead atoms. The molecule has 16 heavy (non-hydrogen) atoms. The summed E-state index contributed by atoms with van der Waals surface area (Å²) in [4.78, 5) is 3.20. The van der Waals surface area contributed by atoms with Crippen LogP contribution in [0.4, 0.5) is 8.78 Å². The molecule has 0 aliphatic heterocycles. The average molecular weight is 260 g/mol. The van der Waals surface area contributed by atoms with E-state index in [0.29, 0.717) is 0 Å². The summed E-state index contributed by atoms with van der Waals surface area (Å²) in [6.07, 6.45) is 1.16. The summed E-state index contributed by atoms with van der Waals surface area (Å²) >= 11 is 11.8. The van der Waals surface area contributed by atoms with Crippen LogP contribution < -0.4 is 0 Å². The molecule has 5 heteroatoms. The molecule has 0 atom stereocenters.